The van der Waals surface area contributed by atoms with Gasteiger partial charge in [-0.2, -0.15) is 5.10 Å². The Hall–Kier alpha value is -0.830. The molecule has 0 bridgehead atoms. The van der Waals surface area contributed by atoms with Crippen LogP contribution in [-0.2, 0) is 10.8 Å². The number of aliphatic hydroxyl groups is 1. The predicted octanol–water partition coefficient (Wildman–Crippen LogP) is 4.20. The fraction of sp³-hybridized carbons (Fsp3) is 0.833. The Morgan fingerprint density at radius 2 is 1.76 bits per heavy atom. The summed E-state index contributed by atoms with van der Waals surface area (Å²) in [5, 5.41) is 14.6. The van der Waals surface area contributed by atoms with E-state index in [0.717, 1.165) is 19.3 Å². The highest BCUT2D eigenvalue weighted by atomic mass is 16.3. The standard InChI is InChI=1S/C18H32N2O/c1-8-18(12-21)10-13(11-18)20-15(17(5,6)7)9-14(19-20)16(2,3)4/h9,13,21H,8,10-12H2,1-7H3. The van der Waals surface area contributed by atoms with E-state index in [4.69, 9.17) is 5.10 Å². The maximum Gasteiger partial charge on any atom is 0.0681 e. The van der Waals surface area contributed by atoms with Crippen molar-refractivity contribution in [3.63, 3.8) is 0 Å². The van der Waals surface area contributed by atoms with Crippen LogP contribution in [0.15, 0.2) is 6.07 Å². The first kappa shape index (κ1) is 16.5. The summed E-state index contributed by atoms with van der Waals surface area (Å²) < 4.78 is 2.25. The molecule has 0 saturated heterocycles. The van der Waals surface area contributed by atoms with Gasteiger partial charge >= 0.3 is 0 Å². The third-order valence-corrected chi connectivity index (χ3v) is 5.04. The molecule has 1 aromatic rings. The number of rotatable bonds is 3. The molecule has 0 amide bonds. The molecule has 1 saturated carbocycles. The van der Waals surface area contributed by atoms with Crippen LogP contribution >= 0.6 is 0 Å². The van der Waals surface area contributed by atoms with Gasteiger partial charge in [-0.3, -0.25) is 4.68 Å². The Balaban J connectivity index is 2.34. The van der Waals surface area contributed by atoms with Crippen LogP contribution in [0.4, 0.5) is 0 Å². The number of hydrogen-bond donors (Lipinski definition) is 1. The summed E-state index contributed by atoms with van der Waals surface area (Å²) in [6, 6.07) is 2.73. The maximum atomic E-state index is 9.64. The number of aliphatic hydroxyl groups excluding tert-OH is 1. The highest BCUT2D eigenvalue weighted by Gasteiger charge is 2.45. The van der Waals surface area contributed by atoms with Gasteiger partial charge < -0.3 is 5.11 Å². The molecule has 1 N–H and O–H groups in total. The topological polar surface area (TPSA) is 38.0 Å². The van der Waals surface area contributed by atoms with Gasteiger partial charge in [0.25, 0.3) is 0 Å². The maximum absolute atomic E-state index is 9.64. The van der Waals surface area contributed by atoms with Gasteiger partial charge in [0.05, 0.1) is 11.7 Å². The minimum absolute atomic E-state index is 0.0772. The van der Waals surface area contributed by atoms with Gasteiger partial charge in [-0.15, -0.1) is 0 Å². The lowest BCUT2D eigenvalue weighted by molar-refractivity contribution is -0.00895. The van der Waals surface area contributed by atoms with E-state index in [1.54, 1.807) is 0 Å². The molecule has 0 aliphatic heterocycles. The fourth-order valence-corrected chi connectivity index (χ4v) is 3.24. The SMILES string of the molecule is CCC1(CO)CC(n2nc(C(C)(C)C)cc2C(C)(C)C)C1. The van der Waals surface area contributed by atoms with Crippen LogP contribution in [0.1, 0.15) is 85.2 Å². The predicted molar refractivity (Wildman–Crippen MR) is 87.7 cm³/mol. The summed E-state index contributed by atoms with van der Waals surface area (Å²) in [7, 11) is 0. The van der Waals surface area contributed by atoms with Gasteiger partial charge in [0, 0.05) is 23.1 Å². The first-order chi connectivity index (χ1) is 9.52. The molecule has 1 fully saturated rings. The van der Waals surface area contributed by atoms with E-state index in [2.05, 4.69) is 59.2 Å². The van der Waals surface area contributed by atoms with Gasteiger partial charge in [0.1, 0.15) is 0 Å². The normalized spacial score (nSPS) is 26.8. The van der Waals surface area contributed by atoms with Gasteiger partial charge in [0.15, 0.2) is 0 Å². The fourth-order valence-electron chi connectivity index (χ4n) is 3.24. The summed E-state index contributed by atoms with van der Waals surface area (Å²) in [4.78, 5) is 0. The van der Waals surface area contributed by atoms with E-state index in [1.807, 2.05) is 0 Å². The van der Waals surface area contributed by atoms with Crippen molar-refractivity contribution >= 4 is 0 Å². The molecule has 0 unspecified atom stereocenters. The summed E-state index contributed by atoms with van der Waals surface area (Å²) in [6.45, 7) is 15.9. The van der Waals surface area contributed by atoms with Crippen LogP contribution in [0, 0.1) is 5.41 Å². The molecule has 21 heavy (non-hydrogen) atoms. The van der Waals surface area contributed by atoms with Crippen LogP contribution in [0.2, 0.25) is 0 Å². The van der Waals surface area contributed by atoms with Crippen molar-refractivity contribution in [2.45, 2.75) is 84.6 Å². The van der Waals surface area contributed by atoms with Crippen molar-refractivity contribution in [2.24, 2.45) is 5.41 Å². The van der Waals surface area contributed by atoms with Gasteiger partial charge in [-0.05, 0) is 30.7 Å². The monoisotopic (exact) mass is 292 g/mol. The van der Waals surface area contributed by atoms with E-state index in [0.29, 0.717) is 12.6 Å². The average molecular weight is 292 g/mol. The molecule has 0 spiro atoms. The van der Waals surface area contributed by atoms with Crippen molar-refractivity contribution in [3.8, 4) is 0 Å². The highest BCUT2D eigenvalue weighted by Crippen LogP contribution is 2.51. The second-order valence-electron chi connectivity index (χ2n) is 8.93. The molecule has 1 heterocycles. The van der Waals surface area contributed by atoms with Crippen molar-refractivity contribution in [1.82, 2.24) is 9.78 Å². The molecule has 1 aromatic heterocycles. The lowest BCUT2D eigenvalue weighted by Crippen LogP contribution is -2.42. The second kappa shape index (κ2) is 5.12. The molecule has 2 rings (SSSR count). The quantitative estimate of drug-likeness (QED) is 0.906. The Labute approximate surface area is 129 Å². The Bertz CT molecular complexity index is 490. The summed E-state index contributed by atoms with van der Waals surface area (Å²) in [6.07, 6.45) is 3.15. The van der Waals surface area contributed by atoms with Crippen molar-refractivity contribution in [1.29, 1.82) is 0 Å². The Morgan fingerprint density at radius 1 is 1.19 bits per heavy atom. The van der Waals surface area contributed by atoms with Crippen LogP contribution < -0.4 is 0 Å². The van der Waals surface area contributed by atoms with E-state index in [9.17, 15) is 5.11 Å². The molecule has 0 radical (unpaired) electrons. The van der Waals surface area contributed by atoms with Gasteiger partial charge in [-0.1, -0.05) is 48.5 Å². The first-order valence-electron chi connectivity index (χ1n) is 8.24. The minimum Gasteiger partial charge on any atom is -0.396 e. The molecule has 120 valence electrons. The average Bonchev–Trinajstić information content (AvgIpc) is 2.73. The van der Waals surface area contributed by atoms with Crippen LogP contribution in [0.3, 0.4) is 0 Å². The van der Waals surface area contributed by atoms with E-state index in [-0.39, 0.29) is 16.2 Å². The smallest absolute Gasteiger partial charge is 0.0681 e. The molecule has 3 nitrogen and oxygen atoms in total. The van der Waals surface area contributed by atoms with E-state index in [1.165, 1.54) is 11.4 Å². The summed E-state index contributed by atoms with van der Waals surface area (Å²) in [5.41, 5.74) is 2.80. The molecule has 1 aliphatic carbocycles. The lowest BCUT2D eigenvalue weighted by atomic mass is 9.64. The van der Waals surface area contributed by atoms with Crippen molar-refractivity contribution < 1.29 is 5.11 Å². The van der Waals surface area contributed by atoms with Gasteiger partial charge in [-0.25, -0.2) is 0 Å². The van der Waals surface area contributed by atoms with Crippen molar-refractivity contribution in [2.75, 3.05) is 6.61 Å². The van der Waals surface area contributed by atoms with Crippen molar-refractivity contribution in [3.05, 3.63) is 17.5 Å². The lowest BCUT2D eigenvalue weighted by Gasteiger charge is -2.47. The first-order valence-corrected chi connectivity index (χ1v) is 8.24. The third-order valence-electron chi connectivity index (χ3n) is 5.04. The van der Waals surface area contributed by atoms with Gasteiger partial charge in [0.2, 0.25) is 0 Å². The van der Waals surface area contributed by atoms with E-state index >= 15 is 0 Å². The number of nitrogens with zero attached hydrogens (tertiary/aromatic N) is 2. The van der Waals surface area contributed by atoms with Crippen LogP contribution in [0.5, 0.6) is 0 Å². The molecule has 1 aliphatic rings. The third kappa shape index (κ3) is 3.03. The zero-order valence-electron chi connectivity index (χ0n) is 14.8. The Kier molecular flexibility index (Phi) is 4.03. The zero-order valence-corrected chi connectivity index (χ0v) is 14.8. The zero-order chi connectivity index (χ0) is 16.1. The molecular formula is C18H32N2O. The Morgan fingerprint density at radius 3 is 2.14 bits per heavy atom. The summed E-state index contributed by atoms with van der Waals surface area (Å²) in [5.74, 6) is 0. The molecule has 3 heteroatoms. The number of aromatic nitrogens is 2. The number of hydrogen-bond acceptors (Lipinski definition) is 2. The van der Waals surface area contributed by atoms with Crippen LogP contribution in [-0.4, -0.2) is 21.5 Å². The largest absolute Gasteiger partial charge is 0.396 e. The molecule has 0 atom stereocenters. The minimum atomic E-state index is 0.0772. The molecular weight excluding hydrogens is 260 g/mol. The summed E-state index contributed by atoms with van der Waals surface area (Å²) >= 11 is 0. The second-order valence-corrected chi connectivity index (χ2v) is 8.93. The molecule has 0 aromatic carbocycles. The van der Waals surface area contributed by atoms with E-state index < -0.39 is 0 Å². The van der Waals surface area contributed by atoms with Crippen LogP contribution in [0.25, 0.3) is 0 Å². The highest BCUT2D eigenvalue weighted by molar-refractivity contribution is 5.24.